The Bertz CT molecular complexity index is 622. The van der Waals surface area contributed by atoms with E-state index in [4.69, 9.17) is 15.6 Å². The average Bonchev–Trinajstić information content (AvgIpc) is 2.65. The number of aliphatic hydroxyl groups is 1. The van der Waals surface area contributed by atoms with Crippen LogP contribution in [-0.4, -0.2) is 39.5 Å². The number of aromatic nitrogens is 2. The maximum atomic E-state index is 13.9. The van der Waals surface area contributed by atoms with Gasteiger partial charge >= 0.3 is 11.6 Å². The SMILES string of the molecule is Nc1nc(=O)n(C2OC(CO)C(F)C2(F)F)cc1/C=C\Br. The van der Waals surface area contributed by atoms with Gasteiger partial charge in [0.25, 0.3) is 0 Å². The fourth-order valence-electron chi connectivity index (χ4n) is 1.96. The van der Waals surface area contributed by atoms with Crippen molar-refractivity contribution in [2.45, 2.75) is 24.4 Å². The molecule has 1 saturated heterocycles. The van der Waals surface area contributed by atoms with Crippen LogP contribution in [0.1, 0.15) is 11.8 Å². The van der Waals surface area contributed by atoms with Crippen LogP contribution in [0.2, 0.25) is 0 Å². The predicted molar refractivity (Wildman–Crippen MR) is 71.7 cm³/mol. The van der Waals surface area contributed by atoms with E-state index in [1.165, 1.54) is 11.1 Å². The Kier molecular flexibility index (Phi) is 4.40. The molecule has 3 unspecified atom stereocenters. The number of anilines is 1. The Balaban J connectivity index is 2.51. The van der Waals surface area contributed by atoms with Gasteiger partial charge in [0.1, 0.15) is 11.9 Å². The van der Waals surface area contributed by atoms with Gasteiger partial charge in [0, 0.05) is 11.8 Å². The van der Waals surface area contributed by atoms with Crippen LogP contribution in [0.4, 0.5) is 19.0 Å². The van der Waals surface area contributed by atoms with Gasteiger partial charge in [0.15, 0.2) is 6.17 Å². The lowest BCUT2D eigenvalue weighted by atomic mass is 10.1. The number of nitrogens with zero attached hydrogens (tertiary/aromatic N) is 2. The highest BCUT2D eigenvalue weighted by molar-refractivity contribution is 9.11. The number of nitrogens with two attached hydrogens (primary N) is 1. The van der Waals surface area contributed by atoms with Gasteiger partial charge in [-0.25, -0.2) is 9.18 Å². The Hall–Kier alpha value is -1.39. The molecular formula is C11H11BrF3N3O3. The van der Waals surface area contributed by atoms with Crippen molar-refractivity contribution in [2.75, 3.05) is 12.3 Å². The number of hydrogen-bond donors (Lipinski definition) is 2. The lowest BCUT2D eigenvalue weighted by molar-refractivity contribution is -0.130. The second-order valence-electron chi connectivity index (χ2n) is 4.35. The zero-order valence-electron chi connectivity index (χ0n) is 10.4. The van der Waals surface area contributed by atoms with Gasteiger partial charge in [-0.05, 0) is 11.1 Å². The molecule has 0 radical (unpaired) electrons. The zero-order chi connectivity index (χ0) is 15.8. The highest BCUT2D eigenvalue weighted by atomic mass is 79.9. The second-order valence-corrected chi connectivity index (χ2v) is 4.88. The Morgan fingerprint density at radius 1 is 1.62 bits per heavy atom. The van der Waals surface area contributed by atoms with E-state index in [1.54, 1.807) is 0 Å². The van der Waals surface area contributed by atoms with E-state index in [-0.39, 0.29) is 11.4 Å². The summed E-state index contributed by atoms with van der Waals surface area (Å²) < 4.78 is 46.5. The number of halogens is 4. The summed E-state index contributed by atoms with van der Waals surface area (Å²) in [5.74, 6) is -4.14. The molecule has 0 spiro atoms. The van der Waals surface area contributed by atoms with Crippen LogP contribution in [0, 0.1) is 0 Å². The monoisotopic (exact) mass is 369 g/mol. The van der Waals surface area contributed by atoms with Crippen molar-refractivity contribution in [2.24, 2.45) is 0 Å². The summed E-state index contributed by atoms with van der Waals surface area (Å²) in [4.78, 5) is 16.5. The summed E-state index contributed by atoms with van der Waals surface area (Å²) >= 11 is 2.98. The quantitative estimate of drug-likeness (QED) is 0.831. The van der Waals surface area contributed by atoms with Crippen molar-refractivity contribution in [3.8, 4) is 0 Å². The molecule has 1 aliphatic rings. The van der Waals surface area contributed by atoms with Gasteiger partial charge in [-0.2, -0.15) is 13.8 Å². The Labute approximate surface area is 125 Å². The largest absolute Gasteiger partial charge is 0.394 e. The van der Waals surface area contributed by atoms with Gasteiger partial charge in [-0.15, -0.1) is 0 Å². The maximum absolute atomic E-state index is 13.9. The third-order valence-corrected chi connectivity index (χ3v) is 3.28. The molecule has 21 heavy (non-hydrogen) atoms. The number of nitrogen functional groups attached to an aromatic ring is 1. The molecule has 10 heteroatoms. The molecule has 0 aromatic carbocycles. The summed E-state index contributed by atoms with van der Waals surface area (Å²) in [6.07, 6.45) is -4.28. The van der Waals surface area contributed by atoms with Crippen LogP contribution in [-0.2, 0) is 4.74 Å². The normalized spacial score (nSPS) is 28.3. The maximum Gasteiger partial charge on any atom is 0.351 e. The molecular weight excluding hydrogens is 359 g/mol. The van der Waals surface area contributed by atoms with Crippen LogP contribution >= 0.6 is 15.9 Å². The van der Waals surface area contributed by atoms with Crippen molar-refractivity contribution in [1.82, 2.24) is 9.55 Å². The molecule has 1 aromatic rings. The van der Waals surface area contributed by atoms with Gasteiger partial charge < -0.3 is 15.6 Å². The van der Waals surface area contributed by atoms with E-state index in [0.29, 0.717) is 4.57 Å². The van der Waals surface area contributed by atoms with Gasteiger partial charge in [0.2, 0.25) is 6.23 Å². The number of rotatable bonds is 3. The van der Waals surface area contributed by atoms with Crippen LogP contribution in [0.25, 0.3) is 6.08 Å². The van der Waals surface area contributed by atoms with Gasteiger partial charge in [-0.1, -0.05) is 15.9 Å². The number of ether oxygens (including phenoxy) is 1. The van der Waals surface area contributed by atoms with E-state index < -0.39 is 36.7 Å². The molecule has 116 valence electrons. The lowest BCUT2D eigenvalue weighted by Crippen LogP contribution is -2.40. The first-order chi connectivity index (χ1) is 9.82. The minimum absolute atomic E-state index is 0.163. The van der Waals surface area contributed by atoms with Crippen LogP contribution in [0.15, 0.2) is 16.0 Å². The molecule has 3 atom stereocenters. The summed E-state index contributed by atoms with van der Waals surface area (Å²) in [5, 5.41) is 8.85. The van der Waals surface area contributed by atoms with Crippen molar-refractivity contribution >= 4 is 27.8 Å². The molecule has 1 fully saturated rings. The molecule has 1 aliphatic heterocycles. The fraction of sp³-hybridized carbons (Fsp3) is 0.455. The fourth-order valence-corrected chi connectivity index (χ4v) is 2.24. The lowest BCUT2D eigenvalue weighted by Gasteiger charge is -2.20. The topological polar surface area (TPSA) is 90.4 Å². The average molecular weight is 370 g/mol. The Morgan fingerprint density at radius 3 is 2.81 bits per heavy atom. The van der Waals surface area contributed by atoms with Crippen LogP contribution in [0.5, 0.6) is 0 Å². The zero-order valence-corrected chi connectivity index (χ0v) is 12.0. The first-order valence-corrected chi connectivity index (χ1v) is 6.68. The number of hydrogen-bond acceptors (Lipinski definition) is 5. The molecule has 6 nitrogen and oxygen atoms in total. The summed E-state index contributed by atoms with van der Waals surface area (Å²) in [6, 6.07) is 0. The van der Waals surface area contributed by atoms with E-state index in [2.05, 4.69) is 20.9 Å². The molecule has 3 N–H and O–H groups in total. The smallest absolute Gasteiger partial charge is 0.351 e. The molecule has 0 saturated carbocycles. The highest BCUT2D eigenvalue weighted by Crippen LogP contribution is 2.43. The molecule has 0 amide bonds. The van der Waals surface area contributed by atoms with E-state index in [0.717, 1.165) is 6.20 Å². The number of aliphatic hydroxyl groups excluding tert-OH is 1. The van der Waals surface area contributed by atoms with Crippen molar-refractivity contribution in [1.29, 1.82) is 0 Å². The molecule has 2 heterocycles. The van der Waals surface area contributed by atoms with E-state index in [1.807, 2.05) is 0 Å². The molecule has 1 aromatic heterocycles. The second kappa shape index (κ2) is 5.78. The standard InChI is InChI=1S/C11H11BrF3N3O3/c12-2-1-5-3-18(10(20)17-8(5)16)9-11(14,15)7(13)6(4-19)21-9/h1-3,6-7,9,19H,4H2,(H2,16,17,20)/b2-1-. The molecule has 0 aliphatic carbocycles. The highest BCUT2D eigenvalue weighted by Gasteiger charge is 2.60. The molecule has 2 rings (SSSR count). The predicted octanol–water partition coefficient (Wildman–Crippen LogP) is 1.05. The van der Waals surface area contributed by atoms with Crippen LogP contribution in [0.3, 0.4) is 0 Å². The van der Waals surface area contributed by atoms with Gasteiger partial charge in [-0.3, -0.25) is 4.57 Å². The Morgan fingerprint density at radius 2 is 2.29 bits per heavy atom. The number of alkyl halides is 3. The first-order valence-electron chi connectivity index (χ1n) is 5.76. The van der Waals surface area contributed by atoms with Crippen LogP contribution < -0.4 is 11.4 Å². The van der Waals surface area contributed by atoms with Crippen molar-refractivity contribution < 1.29 is 23.0 Å². The third kappa shape index (κ3) is 2.70. The minimum Gasteiger partial charge on any atom is -0.394 e. The summed E-state index contributed by atoms with van der Waals surface area (Å²) in [6.45, 7) is -0.932. The van der Waals surface area contributed by atoms with Crippen molar-refractivity contribution in [3.05, 3.63) is 27.2 Å². The summed E-state index contributed by atoms with van der Waals surface area (Å²) in [5.41, 5.74) is 4.56. The third-order valence-electron chi connectivity index (χ3n) is 3.01. The van der Waals surface area contributed by atoms with E-state index >= 15 is 0 Å². The van der Waals surface area contributed by atoms with Crippen molar-refractivity contribution in [3.63, 3.8) is 0 Å². The first kappa shape index (κ1) is 16.0. The van der Waals surface area contributed by atoms with E-state index in [9.17, 15) is 18.0 Å². The summed E-state index contributed by atoms with van der Waals surface area (Å²) in [7, 11) is 0. The van der Waals surface area contributed by atoms with Gasteiger partial charge in [0.05, 0.1) is 6.61 Å². The molecule has 0 bridgehead atoms. The minimum atomic E-state index is -3.98.